The molecule has 1 aromatic rings. The van der Waals surface area contributed by atoms with E-state index in [2.05, 4.69) is 17.1 Å². The highest BCUT2D eigenvalue weighted by Gasteiger charge is 2.32. The Labute approximate surface area is 169 Å². The van der Waals surface area contributed by atoms with Gasteiger partial charge in [0.1, 0.15) is 0 Å². The van der Waals surface area contributed by atoms with E-state index in [1.165, 1.54) is 19.3 Å². The molecule has 1 saturated carbocycles. The molecular weight excluding hydrogens is 374 g/mol. The van der Waals surface area contributed by atoms with Crippen LogP contribution in [0.15, 0.2) is 30.3 Å². The molecule has 6 nitrogen and oxygen atoms in total. The maximum atomic E-state index is 12.7. The summed E-state index contributed by atoms with van der Waals surface area (Å²) in [5, 5.41) is 3.23. The van der Waals surface area contributed by atoms with Crippen LogP contribution in [0.1, 0.15) is 45.1 Å². The number of nitrogens with one attached hydrogen (secondary N) is 1. The number of carbonyl (C=O) groups is 1. The highest BCUT2D eigenvalue weighted by Crippen LogP contribution is 2.24. The first-order valence-corrected chi connectivity index (χ1v) is 12.0. The lowest BCUT2D eigenvalue weighted by Crippen LogP contribution is -2.56. The topological polar surface area (TPSA) is 69.7 Å². The molecular formula is C21H33N3O3S. The van der Waals surface area contributed by atoms with Crippen LogP contribution in [0.25, 0.3) is 0 Å². The molecule has 3 atom stereocenters. The summed E-state index contributed by atoms with van der Waals surface area (Å²) in [7, 11) is -3.33. The van der Waals surface area contributed by atoms with Gasteiger partial charge in [0.2, 0.25) is 15.9 Å². The van der Waals surface area contributed by atoms with Gasteiger partial charge in [-0.1, -0.05) is 50.1 Å². The van der Waals surface area contributed by atoms with E-state index in [4.69, 9.17) is 0 Å². The van der Waals surface area contributed by atoms with E-state index in [-0.39, 0.29) is 23.7 Å². The van der Waals surface area contributed by atoms with E-state index in [0.717, 1.165) is 12.0 Å². The number of carbonyl (C=O) groups excluding carboxylic acids is 1. The van der Waals surface area contributed by atoms with Crippen molar-refractivity contribution in [2.75, 3.05) is 26.2 Å². The van der Waals surface area contributed by atoms with E-state index < -0.39 is 10.0 Å². The Morgan fingerprint density at radius 2 is 1.75 bits per heavy atom. The minimum absolute atomic E-state index is 0.0312. The van der Waals surface area contributed by atoms with Crippen molar-refractivity contribution in [3.05, 3.63) is 35.9 Å². The summed E-state index contributed by atoms with van der Waals surface area (Å²) in [4.78, 5) is 14.8. The van der Waals surface area contributed by atoms with Gasteiger partial charge in [-0.3, -0.25) is 9.69 Å². The molecule has 1 N–H and O–H groups in total. The molecule has 1 aromatic carbocycles. The quantitative estimate of drug-likeness (QED) is 0.785. The lowest BCUT2D eigenvalue weighted by molar-refractivity contribution is -0.127. The first kappa shape index (κ1) is 21.3. The van der Waals surface area contributed by atoms with Gasteiger partial charge in [-0.25, -0.2) is 8.42 Å². The Balaban J connectivity index is 1.50. The molecule has 0 radical (unpaired) electrons. The van der Waals surface area contributed by atoms with Crippen molar-refractivity contribution in [3.8, 4) is 0 Å². The number of piperazine rings is 1. The average molecular weight is 408 g/mol. The molecule has 2 aliphatic rings. The second-order valence-electron chi connectivity index (χ2n) is 8.23. The van der Waals surface area contributed by atoms with Crippen LogP contribution in [0.5, 0.6) is 0 Å². The fourth-order valence-electron chi connectivity index (χ4n) is 4.25. The van der Waals surface area contributed by atoms with Gasteiger partial charge >= 0.3 is 0 Å². The molecule has 1 aliphatic carbocycles. The molecule has 0 bridgehead atoms. The number of hydrogen-bond acceptors (Lipinski definition) is 4. The summed E-state index contributed by atoms with van der Waals surface area (Å²) in [6.45, 7) is 6.19. The van der Waals surface area contributed by atoms with Crippen molar-refractivity contribution in [2.24, 2.45) is 5.92 Å². The van der Waals surface area contributed by atoms with Gasteiger partial charge in [0.15, 0.2) is 0 Å². The molecule has 3 rings (SSSR count). The monoisotopic (exact) mass is 407 g/mol. The maximum Gasteiger partial charge on any atom is 0.237 e. The number of amides is 1. The molecule has 0 spiro atoms. The Bertz CT molecular complexity index is 745. The Kier molecular flexibility index (Phi) is 7.12. The van der Waals surface area contributed by atoms with Crippen molar-refractivity contribution < 1.29 is 13.2 Å². The maximum absolute atomic E-state index is 12.7. The predicted molar refractivity (Wildman–Crippen MR) is 111 cm³/mol. The third kappa shape index (κ3) is 5.33. The van der Waals surface area contributed by atoms with Crippen molar-refractivity contribution >= 4 is 15.9 Å². The number of rotatable bonds is 6. The van der Waals surface area contributed by atoms with Crippen LogP contribution >= 0.6 is 0 Å². The smallest absolute Gasteiger partial charge is 0.237 e. The average Bonchev–Trinajstić information content (AvgIpc) is 2.69. The van der Waals surface area contributed by atoms with E-state index in [1.807, 2.05) is 37.3 Å². The molecule has 156 valence electrons. The van der Waals surface area contributed by atoms with Crippen LogP contribution in [0.2, 0.25) is 0 Å². The number of hydrogen-bond donors (Lipinski definition) is 1. The normalized spacial score (nSPS) is 25.9. The van der Waals surface area contributed by atoms with Crippen molar-refractivity contribution in [1.29, 1.82) is 0 Å². The third-order valence-corrected chi connectivity index (χ3v) is 8.07. The van der Waals surface area contributed by atoms with E-state index in [9.17, 15) is 13.2 Å². The zero-order valence-corrected chi connectivity index (χ0v) is 17.8. The standard InChI is InChI=1S/C21H33N3O3S/c1-17-8-6-7-11-20(17)22-21(25)18(2)23-12-14-24(15-13-23)28(26,27)16-19-9-4-3-5-10-19/h3-5,9-10,17-18,20H,6-8,11-16H2,1-2H3,(H,22,25)/t17-,18-,20+/m1/s1. The SMILES string of the molecule is C[C@@H]1CCCC[C@@H]1NC(=O)[C@@H](C)N1CCN(S(=O)(=O)Cc2ccccc2)CC1. The van der Waals surface area contributed by atoms with Gasteiger partial charge in [-0.15, -0.1) is 0 Å². The summed E-state index contributed by atoms with van der Waals surface area (Å²) in [6, 6.07) is 9.32. The number of benzene rings is 1. The van der Waals surface area contributed by atoms with Crippen LogP contribution in [0.4, 0.5) is 0 Å². The molecule has 1 saturated heterocycles. The number of sulfonamides is 1. The van der Waals surface area contributed by atoms with Crippen LogP contribution in [-0.4, -0.2) is 61.8 Å². The highest BCUT2D eigenvalue weighted by molar-refractivity contribution is 7.88. The molecule has 0 aromatic heterocycles. The third-order valence-electron chi connectivity index (χ3n) is 6.22. The summed E-state index contributed by atoms with van der Waals surface area (Å²) in [5.74, 6) is 0.632. The molecule has 0 unspecified atom stereocenters. The second kappa shape index (κ2) is 9.37. The summed E-state index contributed by atoms with van der Waals surface area (Å²) < 4.78 is 26.9. The minimum atomic E-state index is -3.33. The first-order chi connectivity index (χ1) is 13.4. The van der Waals surface area contributed by atoms with Crippen LogP contribution in [-0.2, 0) is 20.6 Å². The van der Waals surface area contributed by atoms with Gasteiger partial charge in [-0.2, -0.15) is 4.31 Å². The van der Waals surface area contributed by atoms with Crippen LogP contribution in [0, 0.1) is 5.92 Å². The van der Waals surface area contributed by atoms with Gasteiger partial charge < -0.3 is 5.32 Å². The van der Waals surface area contributed by atoms with Crippen molar-refractivity contribution in [3.63, 3.8) is 0 Å². The van der Waals surface area contributed by atoms with Crippen molar-refractivity contribution in [2.45, 2.75) is 57.4 Å². The lowest BCUT2D eigenvalue weighted by Gasteiger charge is -2.38. The van der Waals surface area contributed by atoms with Gasteiger partial charge in [-0.05, 0) is 31.2 Å². The van der Waals surface area contributed by atoms with Gasteiger partial charge in [0.25, 0.3) is 0 Å². The predicted octanol–water partition coefficient (Wildman–Crippen LogP) is 2.22. The van der Waals surface area contributed by atoms with E-state index in [1.54, 1.807) is 4.31 Å². The van der Waals surface area contributed by atoms with Crippen molar-refractivity contribution in [1.82, 2.24) is 14.5 Å². The molecule has 1 amide bonds. The molecule has 7 heteroatoms. The van der Waals surface area contributed by atoms with E-state index >= 15 is 0 Å². The number of nitrogens with zero attached hydrogens (tertiary/aromatic N) is 2. The first-order valence-electron chi connectivity index (χ1n) is 10.4. The highest BCUT2D eigenvalue weighted by atomic mass is 32.2. The largest absolute Gasteiger partial charge is 0.352 e. The van der Waals surface area contributed by atoms with Gasteiger partial charge in [0.05, 0.1) is 11.8 Å². The van der Waals surface area contributed by atoms with Crippen LogP contribution < -0.4 is 5.32 Å². The molecule has 1 heterocycles. The van der Waals surface area contributed by atoms with Gasteiger partial charge in [0, 0.05) is 32.2 Å². The molecule has 28 heavy (non-hydrogen) atoms. The fraction of sp³-hybridized carbons (Fsp3) is 0.667. The van der Waals surface area contributed by atoms with Crippen LogP contribution in [0.3, 0.4) is 0 Å². The Morgan fingerprint density at radius 1 is 1.11 bits per heavy atom. The lowest BCUT2D eigenvalue weighted by atomic mass is 9.86. The minimum Gasteiger partial charge on any atom is -0.352 e. The molecule has 2 fully saturated rings. The van der Waals surface area contributed by atoms with E-state index in [0.29, 0.717) is 32.1 Å². The fourth-order valence-corrected chi connectivity index (χ4v) is 5.76. The molecule has 1 aliphatic heterocycles. The summed E-state index contributed by atoms with van der Waals surface area (Å²) >= 11 is 0. The second-order valence-corrected chi connectivity index (χ2v) is 10.2. The zero-order chi connectivity index (χ0) is 20.1. The Hall–Kier alpha value is -1.44. The Morgan fingerprint density at radius 3 is 2.39 bits per heavy atom. The summed E-state index contributed by atoms with van der Waals surface area (Å²) in [6.07, 6.45) is 4.67. The zero-order valence-electron chi connectivity index (χ0n) is 17.0. The summed E-state index contributed by atoms with van der Waals surface area (Å²) in [5.41, 5.74) is 0.805.